The summed E-state index contributed by atoms with van der Waals surface area (Å²) in [4.78, 5) is 14.2. The van der Waals surface area contributed by atoms with E-state index < -0.39 is 10.0 Å². The maximum atomic E-state index is 12.6. The third-order valence-electron chi connectivity index (χ3n) is 4.22. The minimum Gasteiger partial charge on any atom is -0.384 e. The van der Waals surface area contributed by atoms with Crippen LogP contribution in [0.2, 0.25) is 0 Å². The van der Waals surface area contributed by atoms with E-state index in [1.54, 1.807) is 11.9 Å². The molecule has 1 aliphatic rings. The molecule has 7 heteroatoms. The van der Waals surface area contributed by atoms with E-state index in [0.29, 0.717) is 25.9 Å². The topological polar surface area (TPSA) is 66.9 Å². The SMILES string of the molecule is COCCS(=O)(=O)N1CCC(C(=O)N(C)c2ccccc2)CC1. The Morgan fingerprint density at radius 2 is 1.87 bits per heavy atom. The third-order valence-corrected chi connectivity index (χ3v) is 6.05. The van der Waals surface area contributed by atoms with E-state index >= 15 is 0 Å². The van der Waals surface area contributed by atoms with Gasteiger partial charge < -0.3 is 9.64 Å². The van der Waals surface area contributed by atoms with Gasteiger partial charge in [0, 0.05) is 38.9 Å². The maximum Gasteiger partial charge on any atom is 0.229 e. The predicted molar refractivity (Wildman–Crippen MR) is 89.8 cm³/mol. The van der Waals surface area contributed by atoms with Gasteiger partial charge in [0.2, 0.25) is 15.9 Å². The largest absolute Gasteiger partial charge is 0.384 e. The van der Waals surface area contributed by atoms with E-state index in [2.05, 4.69) is 0 Å². The zero-order valence-corrected chi connectivity index (χ0v) is 14.5. The molecule has 0 radical (unpaired) electrons. The molecule has 1 aromatic carbocycles. The average Bonchev–Trinajstić information content (AvgIpc) is 2.59. The first-order valence-electron chi connectivity index (χ1n) is 7.75. The number of hydrogen-bond donors (Lipinski definition) is 0. The number of ether oxygens (including phenoxy) is 1. The van der Waals surface area contributed by atoms with Crippen molar-refractivity contribution in [2.45, 2.75) is 12.8 Å². The van der Waals surface area contributed by atoms with Gasteiger partial charge in [0.15, 0.2) is 0 Å². The van der Waals surface area contributed by atoms with Gasteiger partial charge in [0.1, 0.15) is 0 Å². The number of rotatable bonds is 6. The van der Waals surface area contributed by atoms with E-state index in [4.69, 9.17) is 4.74 Å². The fraction of sp³-hybridized carbons (Fsp3) is 0.562. The first-order chi connectivity index (χ1) is 11.0. The molecular weight excluding hydrogens is 316 g/mol. The molecule has 0 spiro atoms. The molecule has 1 amide bonds. The van der Waals surface area contributed by atoms with Crippen molar-refractivity contribution in [3.05, 3.63) is 30.3 Å². The van der Waals surface area contributed by atoms with Crippen LogP contribution >= 0.6 is 0 Å². The smallest absolute Gasteiger partial charge is 0.229 e. The van der Waals surface area contributed by atoms with Crippen LogP contribution in [0.4, 0.5) is 5.69 Å². The van der Waals surface area contributed by atoms with Crippen molar-refractivity contribution >= 4 is 21.6 Å². The highest BCUT2D eigenvalue weighted by Gasteiger charge is 2.32. The molecule has 2 rings (SSSR count). The minimum atomic E-state index is -3.28. The van der Waals surface area contributed by atoms with Gasteiger partial charge >= 0.3 is 0 Å². The summed E-state index contributed by atoms with van der Waals surface area (Å²) in [6.45, 7) is 0.980. The number of piperidine rings is 1. The summed E-state index contributed by atoms with van der Waals surface area (Å²) in [7, 11) is -0.0344. The molecule has 0 bridgehead atoms. The van der Waals surface area contributed by atoms with Crippen LogP contribution in [0.5, 0.6) is 0 Å². The number of benzene rings is 1. The zero-order chi connectivity index (χ0) is 16.9. The number of hydrogen-bond acceptors (Lipinski definition) is 4. The number of carbonyl (C=O) groups excluding carboxylic acids is 1. The fourth-order valence-corrected chi connectivity index (χ4v) is 4.15. The molecule has 0 unspecified atom stereocenters. The maximum absolute atomic E-state index is 12.6. The molecule has 0 aliphatic carbocycles. The number of amides is 1. The molecule has 6 nitrogen and oxygen atoms in total. The number of carbonyl (C=O) groups is 1. The van der Waals surface area contributed by atoms with E-state index in [1.165, 1.54) is 11.4 Å². The number of para-hydroxylation sites is 1. The van der Waals surface area contributed by atoms with Crippen LogP contribution in [0.25, 0.3) is 0 Å². The minimum absolute atomic E-state index is 0.00791. The van der Waals surface area contributed by atoms with Gasteiger partial charge in [-0.25, -0.2) is 12.7 Å². The van der Waals surface area contributed by atoms with Crippen molar-refractivity contribution < 1.29 is 17.9 Å². The summed E-state index contributed by atoms with van der Waals surface area (Å²) in [5, 5.41) is 0. The quantitative estimate of drug-likeness (QED) is 0.784. The Morgan fingerprint density at radius 3 is 2.43 bits per heavy atom. The molecule has 0 atom stereocenters. The standard InChI is InChI=1S/C16H24N2O4S/c1-17(15-6-4-3-5-7-15)16(19)14-8-10-18(11-9-14)23(20,21)13-12-22-2/h3-7,14H,8-13H2,1-2H3. The van der Waals surface area contributed by atoms with Crippen LogP contribution in [-0.4, -0.2) is 58.2 Å². The summed E-state index contributed by atoms with van der Waals surface area (Å²) in [5.74, 6) is -0.0920. The monoisotopic (exact) mass is 340 g/mol. The van der Waals surface area contributed by atoms with Crippen LogP contribution < -0.4 is 4.90 Å². The van der Waals surface area contributed by atoms with Crippen molar-refractivity contribution in [3.8, 4) is 0 Å². The second-order valence-corrected chi connectivity index (χ2v) is 7.80. The lowest BCUT2D eigenvalue weighted by Crippen LogP contribution is -2.44. The number of sulfonamides is 1. The molecule has 1 aromatic rings. The normalized spacial score (nSPS) is 17.1. The first-order valence-corrected chi connectivity index (χ1v) is 9.36. The molecular formula is C16H24N2O4S. The Bertz CT molecular complexity index is 610. The van der Waals surface area contributed by atoms with Gasteiger partial charge in [-0.05, 0) is 25.0 Å². The van der Waals surface area contributed by atoms with E-state index in [1.807, 2.05) is 30.3 Å². The summed E-state index contributed by atoms with van der Waals surface area (Å²) in [6, 6.07) is 9.48. The Morgan fingerprint density at radius 1 is 1.26 bits per heavy atom. The van der Waals surface area contributed by atoms with Crippen LogP contribution in [0.15, 0.2) is 30.3 Å². The molecule has 1 fully saturated rings. The summed E-state index contributed by atoms with van der Waals surface area (Å²) in [5.41, 5.74) is 0.854. The number of anilines is 1. The lowest BCUT2D eigenvalue weighted by molar-refractivity contribution is -0.123. The Kier molecular flexibility index (Phi) is 6.15. The molecule has 1 aliphatic heterocycles. The molecule has 1 saturated heterocycles. The van der Waals surface area contributed by atoms with E-state index in [9.17, 15) is 13.2 Å². The molecule has 128 valence electrons. The van der Waals surface area contributed by atoms with Crippen molar-refractivity contribution in [1.29, 1.82) is 0 Å². The highest BCUT2D eigenvalue weighted by Crippen LogP contribution is 2.24. The van der Waals surface area contributed by atoms with Crippen LogP contribution in [0.3, 0.4) is 0 Å². The second-order valence-electron chi connectivity index (χ2n) is 5.71. The molecule has 0 aromatic heterocycles. The molecule has 0 saturated carbocycles. The summed E-state index contributed by atoms with van der Waals surface area (Å²) >= 11 is 0. The van der Waals surface area contributed by atoms with Gasteiger partial charge in [-0.2, -0.15) is 0 Å². The third kappa shape index (κ3) is 4.53. The summed E-state index contributed by atoms with van der Waals surface area (Å²) < 4.78 is 30.6. The summed E-state index contributed by atoms with van der Waals surface area (Å²) in [6.07, 6.45) is 1.12. The van der Waals surface area contributed by atoms with Crippen molar-refractivity contribution in [2.75, 3.05) is 44.5 Å². The fourth-order valence-electron chi connectivity index (χ4n) is 2.75. The van der Waals surface area contributed by atoms with Crippen molar-refractivity contribution in [2.24, 2.45) is 5.92 Å². The zero-order valence-electron chi connectivity index (χ0n) is 13.6. The van der Waals surface area contributed by atoms with Crippen LogP contribution in [-0.2, 0) is 19.6 Å². The van der Waals surface area contributed by atoms with Crippen molar-refractivity contribution in [3.63, 3.8) is 0 Å². The average molecular weight is 340 g/mol. The Balaban J connectivity index is 1.92. The van der Waals surface area contributed by atoms with Crippen molar-refractivity contribution in [1.82, 2.24) is 4.31 Å². The van der Waals surface area contributed by atoms with Gasteiger partial charge in [-0.3, -0.25) is 4.79 Å². The van der Waals surface area contributed by atoms with Crippen LogP contribution in [0, 0.1) is 5.92 Å². The lowest BCUT2D eigenvalue weighted by Gasteiger charge is -2.32. The van der Waals surface area contributed by atoms with Gasteiger partial charge in [0.25, 0.3) is 0 Å². The lowest BCUT2D eigenvalue weighted by atomic mass is 9.96. The second kappa shape index (κ2) is 7.90. The van der Waals surface area contributed by atoms with Crippen LogP contribution in [0.1, 0.15) is 12.8 Å². The van der Waals surface area contributed by atoms with Gasteiger partial charge in [-0.1, -0.05) is 18.2 Å². The molecule has 0 N–H and O–H groups in total. The van der Waals surface area contributed by atoms with Gasteiger partial charge in [-0.15, -0.1) is 0 Å². The Hall–Kier alpha value is -1.44. The molecule has 23 heavy (non-hydrogen) atoms. The number of nitrogens with zero attached hydrogens (tertiary/aromatic N) is 2. The highest BCUT2D eigenvalue weighted by atomic mass is 32.2. The van der Waals surface area contributed by atoms with E-state index in [-0.39, 0.29) is 24.2 Å². The van der Waals surface area contributed by atoms with E-state index in [0.717, 1.165) is 5.69 Å². The Labute approximate surface area is 138 Å². The predicted octanol–water partition coefficient (Wildman–Crippen LogP) is 1.34. The van der Waals surface area contributed by atoms with Gasteiger partial charge in [0.05, 0.1) is 12.4 Å². The highest BCUT2D eigenvalue weighted by molar-refractivity contribution is 7.89. The molecule has 1 heterocycles. The number of methoxy groups -OCH3 is 1. The first kappa shape index (κ1) is 17.9.